The molecule has 8 heteroatoms. The molecule has 3 aromatic rings. The summed E-state index contributed by atoms with van der Waals surface area (Å²) in [5.41, 5.74) is 1.09. The minimum Gasteiger partial charge on any atom is -0.481 e. The van der Waals surface area contributed by atoms with Gasteiger partial charge < -0.3 is 10.4 Å². The fraction of sp³-hybridized carbons (Fsp3) is 0.273. The summed E-state index contributed by atoms with van der Waals surface area (Å²) >= 11 is 0. The maximum atomic E-state index is 14.5. The first kappa shape index (κ1) is 19.8. The second-order valence-electron chi connectivity index (χ2n) is 7.38. The highest BCUT2D eigenvalue weighted by Gasteiger charge is 2.26. The van der Waals surface area contributed by atoms with Gasteiger partial charge in [-0.05, 0) is 43.9 Å². The van der Waals surface area contributed by atoms with Crippen molar-refractivity contribution in [2.75, 3.05) is 5.32 Å². The van der Waals surface area contributed by atoms with Crippen molar-refractivity contribution in [1.82, 2.24) is 14.5 Å². The average Bonchev–Trinajstić information content (AvgIpc) is 2.76. The molecule has 0 atom stereocenters. The van der Waals surface area contributed by atoms with E-state index in [9.17, 15) is 14.0 Å². The van der Waals surface area contributed by atoms with Crippen molar-refractivity contribution in [1.29, 1.82) is 0 Å². The molecule has 1 aromatic carbocycles. The molecule has 1 aliphatic carbocycles. The molecular formula is C22H21FN4O3. The topological polar surface area (TPSA) is 97.1 Å². The molecule has 4 rings (SSSR count). The number of halogens is 1. The van der Waals surface area contributed by atoms with Gasteiger partial charge in [-0.1, -0.05) is 18.2 Å². The molecular weight excluding hydrogens is 387 g/mol. The smallest absolute Gasteiger partial charge is 0.306 e. The molecule has 0 amide bonds. The van der Waals surface area contributed by atoms with E-state index in [1.54, 1.807) is 42.6 Å². The van der Waals surface area contributed by atoms with Gasteiger partial charge in [-0.15, -0.1) is 0 Å². The van der Waals surface area contributed by atoms with Crippen LogP contribution in [0.5, 0.6) is 0 Å². The monoisotopic (exact) mass is 408 g/mol. The van der Waals surface area contributed by atoms with Crippen LogP contribution in [0.25, 0.3) is 16.9 Å². The van der Waals surface area contributed by atoms with E-state index in [0.29, 0.717) is 42.9 Å². The number of nitrogens with zero attached hydrogens (tertiary/aromatic N) is 3. The van der Waals surface area contributed by atoms with Gasteiger partial charge in [-0.25, -0.2) is 14.4 Å². The fourth-order valence-corrected chi connectivity index (χ4v) is 3.75. The number of anilines is 1. The third-order valence-corrected chi connectivity index (χ3v) is 5.37. The number of nitrogens with one attached hydrogen (secondary N) is 1. The van der Waals surface area contributed by atoms with Crippen LogP contribution in [0.4, 0.5) is 10.3 Å². The third kappa shape index (κ3) is 4.22. The van der Waals surface area contributed by atoms with E-state index in [2.05, 4.69) is 15.3 Å². The number of aromatic nitrogens is 3. The number of rotatable bonds is 5. The molecule has 0 aliphatic heterocycles. The van der Waals surface area contributed by atoms with E-state index in [4.69, 9.17) is 5.11 Å². The summed E-state index contributed by atoms with van der Waals surface area (Å²) in [6, 6.07) is 11.9. The van der Waals surface area contributed by atoms with Crippen molar-refractivity contribution < 1.29 is 14.3 Å². The molecule has 2 N–H and O–H groups in total. The lowest BCUT2D eigenvalue weighted by Crippen LogP contribution is -2.29. The second-order valence-corrected chi connectivity index (χ2v) is 7.38. The Balaban J connectivity index is 1.57. The van der Waals surface area contributed by atoms with Crippen LogP contribution in [0, 0.1) is 11.7 Å². The lowest BCUT2D eigenvalue weighted by molar-refractivity contribution is -0.142. The van der Waals surface area contributed by atoms with Crippen molar-refractivity contribution >= 4 is 11.9 Å². The van der Waals surface area contributed by atoms with Gasteiger partial charge in [0.05, 0.1) is 12.1 Å². The van der Waals surface area contributed by atoms with E-state index >= 15 is 0 Å². The molecule has 0 saturated heterocycles. The Morgan fingerprint density at radius 1 is 1.13 bits per heavy atom. The first-order valence-corrected chi connectivity index (χ1v) is 9.81. The minimum absolute atomic E-state index is 0.0492. The number of carboxylic acids is 1. The molecule has 0 unspecified atom stereocenters. The number of pyridine rings is 1. The zero-order chi connectivity index (χ0) is 21.1. The van der Waals surface area contributed by atoms with Crippen molar-refractivity contribution in [3.05, 3.63) is 71.0 Å². The van der Waals surface area contributed by atoms with Crippen molar-refractivity contribution in [3.8, 4) is 16.9 Å². The van der Waals surface area contributed by atoms with Gasteiger partial charge in [-0.2, -0.15) is 0 Å². The van der Waals surface area contributed by atoms with E-state index in [1.165, 1.54) is 10.6 Å². The summed E-state index contributed by atoms with van der Waals surface area (Å²) in [6.45, 7) is 0. The van der Waals surface area contributed by atoms with Crippen molar-refractivity contribution in [3.63, 3.8) is 0 Å². The SMILES string of the molecule is O=c1ccccn1-c1cccc(-c2nc(N[C@H]3CC[C@H](C(=O)O)CC3)ncc2F)c1. The number of benzene rings is 1. The molecule has 0 radical (unpaired) electrons. The molecule has 30 heavy (non-hydrogen) atoms. The predicted octanol–water partition coefficient (Wildman–Crippen LogP) is 3.49. The van der Waals surface area contributed by atoms with E-state index < -0.39 is 11.8 Å². The highest BCUT2D eigenvalue weighted by Crippen LogP contribution is 2.27. The number of carbonyl (C=O) groups is 1. The van der Waals surface area contributed by atoms with Crippen LogP contribution in [0.3, 0.4) is 0 Å². The van der Waals surface area contributed by atoms with Gasteiger partial charge >= 0.3 is 5.97 Å². The van der Waals surface area contributed by atoms with Gasteiger partial charge in [0.2, 0.25) is 5.95 Å². The maximum absolute atomic E-state index is 14.5. The highest BCUT2D eigenvalue weighted by molar-refractivity contribution is 5.70. The Hall–Kier alpha value is -3.55. The Labute approximate surface area is 172 Å². The predicted molar refractivity (Wildman–Crippen MR) is 110 cm³/mol. The fourth-order valence-electron chi connectivity index (χ4n) is 3.75. The summed E-state index contributed by atoms with van der Waals surface area (Å²) in [6.07, 6.45) is 5.34. The van der Waals surface area contributed by atoms with Gasteiger partial charge in [0, 0.05) is 29.6 Å². The Bertz CT molecular complexity index is 1120. The van der Waals surface area contributed by atoms with Crippen molar-refractivity contribution in [2.45, 2.75) is 31.7 Å². The summed E-state index contributed by atoms with van der Waals surface area (Å²) in [4.78, 5) is 31.6. The lowest BCUT2D eigenvalue weighted by Gasteiger charge is -2.26. The van der Waals surface area contributed by atoms with Gasteiger partial charge in [0.1, 0.15) is 5.69 Å². The maximum Gasteiger partial charge on any atom is 0.306 e. The number of hydrogen-bond donors (Lipinski definition) is 2. The largest absolute Gasteiger partial charge is 0.481 e. The van der Waals surface area contributed by atoms with Gasteiger partial charge in [0.25, 0.3) is 5.56 Å². The summed E-state index contributed by atoms with van der Waals surface area (Å²) in [5.74, 6) is -1.33. The molecule has 7 nitrogen and oxygen atoms in total. The van der Waals surface area contributed by atoms with Crippen LogP contribution in [0.1, 0.15) is 25.7 Å². The second kappa shape index (κ2) is 8.44. The summed E-state index contributed by atoms with van der Waals surface area (Å²) < 4.78 is 16.0. The van der Waals surface area contributed by atoms with Crippen LogP contribution >= 0.6 is 0 Å². The Morgan fingerprint density at radius 2 is 1.93 bits per heavy atom. The zero-order valence-corrected chi connectivity index (χ0v) is 16.2. The van der Waals surface area contributed by atoms with Crippen LogP contribution < -0.4 is 10.9 Å². The number of carboxylic acid groups (broad SMARTS) is 1. The van der Waals surface area contributed by atoms with Crippen LogP contribution in [0.2, 0.25) is 0 Å². The molecule has 0 spiro atoms. The van der Waals surface area contributed by atoms with Gasteiger partial charge in [-0.3, -0.25) is 14.2 Å². The Morgan fingerprint density at radius 3 is 2.67 bits per heavy atom. The quantitative estimate of drug-likeness (QED) is 0.671. The van der Waals surface area contributed by atoms with E-state index in [1.807, 2.05) is 0 Å². The van der Waals surface area contributed by atoms with Crippen LogP contribution in [-0.4, -0.2) is 31.7 Å². The number of aliphatic carboxylic acids is 1. The molecule has 2 heterocycles. The number of hydrogen-bond acceptors (Lipinski definition) is 5. The standard InChI is InChI=1S/C22H21FN4O3/c23-18-13-24-22(25-16-9-7-14(8-10-16)21(29)30)26-20(18)15-4-3-5-17(12-15)27-11-2-1-6-19(27)28/h1-6,11-14,16H,7-10H2,(H,29,30)(H,24,25,26)/t14-,16-. The lowest BCUT2D eigenvalue weighted by atomic mass is 9.86. The molecule has 2 aromatic heterocycles. The summed E-state index contributed by atoms with van der Waals surface area (Å²) in [7, 11) is 0. The van der Waals surface area contributed by atoms with Crippen molar-refractivity contribution in [2.24, 2.45) is 5.92 Å². The van der Waals surface area contributed by atoms with Crippen LogP contribution in [0.15, 0.2) is 59.7 Å². The van der Waals surface area contributed by atoms with Gasteiger partial charge in [0.15, 0.2) is 5.82 Å². The van der Waals surface area contributed by atoms with E-state index in [0.717, 1.165) is 6.20 Å². The molecule has 0 bridgehead atoms. The summed E-state index contributed by atoms with van der Waals surface area (Å²) in [5, 5.41) is 12.3. The van der Waals surface area contributed by atoms with E-state index in [-0.39, 0.29) is 23.2 Å². The highest BCUT2D eigenvalue weighted by atomic mass is 19.1. The molecule has 154 valence electrons. The molecule has 1 saturated carbocycles. The molecule has 1 fully saturated rings. The third-order valence-electron chi connectivity index (χ3n) is 5.37. The Kier molecular flexibility index (Phi) is 5.56. The van der Waals surface area contributed by atoms with Crippen LogP contribution in [-0.2, 0) is 4.79 Å². The molecule has 1 aliphatic rings. The normalized spacial score (nSPS) is 18.7. The zero-order valence-electron chi connectivity index (χ0n) is 16.2. The average molecular weight is 408 g/mol. The first-order chi connectivity index (χ1) is 14.5. The first-order valence-electron chi connectivity index (χ1n) is 9.81. The minimum atomic E-state index is -0.758.